The second kappa shape index (κ2) is 5.52. The molecule has 6 heteroatoms. The number of anilines is 1. The summed E-state index contributed by atoms with van der Waals surface area (Å²) in [5.41, 5.74) is 6.45. The zero-order valence-electron chi connectivity index (χ0n) is 11.6. The first-order valence-corrected chi connectivity index (χ1v) is 6.52. The zero-order valence-corrected chi connectivity index (χ0v) is 11.6. The minimum absolute atomic E-state index is 0.0466. The molecule has 1 aliphatic rings. The summed E-state index contributed by atoms with van der Waals surface area (Å²) in [5, 5.41) is 0. The second-order valence-electron chi connectivity index (χ2n) is 5.12. The Morgan fingerprint density at radius 3 is 2.95 bits per heavy atom. The highest BCUT2D eigenvalue weighted by Crippen LogP contribution is 2.17. The molecular formula is C13H20N4O2. The van der Waals surface area contributed by atoms with Crippen LogP contribution in [0.15, 0.2) is 6.20 Å². The Labute approximate surface area is 113 Å². The minimum atomic E-state index is -0.142. The van der Waals surface area contributed by atoms with Gasteiger partial charge in [-0.25, -0.2) is 9.97 Å². The normalized spacial score (nSPS) is 19.8. The highest BCUT2D eigenvalue weighted by atomic mass is 16.5. The predicted molar refractivity (Wildman–Crippen MR) is 71.9 cm³/mol. The van der Waals surface area contributed by atoms with E-state index in [4.69, 9.17) is 10.5 Å². The minimum Gasteiger partial charge on any atom is -0.396 e. The number of morpholine rings is 1. The summed E-state index contributed by atoms with van der Waals surface area (Å²) in [6, 6.07) is 0. The number of hydrogen-bond acceptors (Lipinski definition) is 5. The molecule has 0 saturated carbocycles. The first-order chi connectivity index (χ1) is 8.99. The van der Waals surface area contributed by atoms with Crippen LogP contribution in [0.5, 0.6) is 0 Å². The molecular weight excluding hydrogens is 244 g/mol. The van der Waals surface area contributed by atoms with Gasteiger partial charge in [0.25, 0.3) is 5.91 Å². The number of nitrogen functional groups attached to an aromatic ring is 1. The molecule has 0 aromatic carbocycles. The van der Waals surface area contributed by atoms with E-state index in [1.54, 1.807) is 4.90 Å². The smallest absolute Gasteiger partial charge is 0.274 e. The van der Waals surface area contributed by atoms with Crippen molar-refractivity contribution in [2.75, 3.05) is 25.4 Å². The lowest BCUT2D eigenvalue weighted by molar-refractivity contribution is -0.0126. The molecule has 0 spiro atoms. The van der Waals surface area contributed by atoms with E-state index in [9.17, 15) is 4.79 Å². The highest BCUT2D eigenvalue weighted by molar-refractivity contribution is 5.97. The molecule has 2 heterocycles. The van der Waals surface area contributed by atoms with Crippen molar-refractivity contribution in [2.24, 2.45) is 0 Å². The van der Waals surface area contributed by atoms with Gasteiger partial charge in [0.05, 0.1) is 24.6 Å². The lowest BCUT2D eigenvalue weighted by Crippen LogP contribution is -2.45. The Kier molecular flexibility index (Phi) is 3.99. The van der Waals surface area contributed by atoms with Gasteiger partial charge in [0.2, 0.25) is 0 Å². The van der Waals surface area contributed by atoms with E-state index in [2.05, 4.69) is 9.97 Å². The van der Waals surface area contributed by atoms with Gasteiger partial charge in [0.15, 0.2) is 5.69 Å². The van der Waals surface area contributed by atoms with Gasteiger partial charge >= 0.3 is 0 Å². The summed E-state index contributed by atoms with van der Waals surface area (Å²) in [7, 11) is 0. The molecule has 1 aromatic rings. The second-order valence-corrected chi connectivity index (χ2v) is 5.12. The Morgan fingerprint density at radius 2 is 2.32 bits per heavy atom. The van der Waals surface area contributed by atoms with Crippen LogP contribution in [-0.4, -0.2) is 46.6 Å². The maximum atomic E-state index is 12.4. The molecule has 1 saturated heterocycles. The summed E-state index contributed by atoms with van der Waals surface area (Å²) in [5.74, 6) is 0.659. The first-order valence-electron chi connectivity index (χ1n) is 6.52. The third-order valence-electron chi connectivity index (χ3n) is 3.08. The Balaban J connectivity index is 2.24. The largest absolute Gasteiger partial charge is 0.396 e. The molecule has 1 unspecified atom stereocenters. The zero-order chi connectivity index (χ0) is 14.0. The summed E-state index contributed by atoms with van der Waals surface area (Å²) >= 11 is 0. The maximum Gasteiger partial charge on any atom is 0.274 e. The summed E-state index contributed by atoms with van der Waals surface area (Å²) in [6.07, 6.45) is 1.56. The van der Waals surface area contributed by atoms with E-state index >= 15 is 0 Å². The fourth-order valence-electron chi connectivity index (χ4n) is 2.01. The van der Waals surface area contributed by atoms with Gasteiger partial charge in [-0.1, -0.05) is 13.8 Å². The SMILES string of the molecule is CC1CN(C(=O)c2nc(C(C)C)ncc2N)CCO1. The van der Waals surface area contributed by atoms with Crippen LogP contribution in [0.2, 0.25) is 0 Å². The fraction of sp³-hybridized carbons (Fsp3) is 0.615. The number of aromatic nitrogens is 2. The van der Waals surface area contributed by atoms with Gasteiger partial charge in [-0.15, -0.1) is 0 Å². The average molecular weight is 264 g/mol. The van der Waals surface area contributed by atoms with Gasteiger partial charge in [-0.05, 0) is 6.92 Å². The van der Waals surface area contributed by atoms with Gasteiger partial charge in [-0.3, -0.25) is 4.79 Å². The van der Waals surface area contributed by atoms with Crippen LogP contribution in [0.1, 0.15) is 43.0 Å². The molecule has 1 atom stereocenters. The molecule has 104 valence electrons. The van der Waals surface area contributed by atoms with Crippen LogP contribution in [-0.2, 0) is 4.74 Å². The van der Waals surface area contributed by atoms with Crippen molar-refractivity contribution in [2.45, 2.75) is 32.8 Å². The van der Waals surface area contributed by atoms with Gasteiger partial charge in [0, 0.05) is 19.0 Å². The molecule has 19 heavy (non-hydrogen) atoms. The van der Waals surface area contributed by atoms with E-state index in [1.165, 1.54) is 6.20 Å². The maximum absolute atomic E-state index is 12.4. The predicted octanol–water partition coefficient (Wildman–Crippen LogP) is 1.04. The van der Waals surface area contributed by atoms with Crippen molar-refractivity contribution < 1.29 is 9.53 Å². The lowest BCUT2D eigenvalue weighted by Gasteiger charge is -2.31. The molecule has 0 radical (unpaired) electrons. The first kappa shape index (κ1) is 13.7. The molecule has 6 nitrogen and oxygen atoms in total. The van der Waals surface area contributed by atoms with Crippen molar-refractivity contribution in [3.63, 3.8) is 0 Å². The van der Waals surface area contributed by atoms with Crippen molar-refractivity contribution >= 4 is 11.6 Å². The number of amides is 1. The molecule has 2 N–H and O–H groups in total. The molecule has 1 amide bonds. The van der Waals surface area contributed by atoms with Crippen LogP contribution in [0, 0.1) is 0 Å². The molecule has 0 bridgehead atoms. The molecule has 0 aliphatic carbocycles. The molecule has 2 rings (SSSR count). The number of carbonyl (C=O) groups excluding carboxylic acids is 1. The quantitative estimate of drug-likeness (QED) is 0.863. The van der Waals surface area contributed by atoms with Crippen molar-refractivity contribution in [3.8, 4) is 0 Å². The Morgan fingerprint density at radius 1 is 1.58 bits per heavy atom. The van der Waals surface area contributed by atoms with Gasteiger partial charge < -0.3 is 15.4 Å². The number of nitrogens with two attached hydrogens (primary N) is 1. The van der Waals surface area contributed by atoms with Crippen molar-refractivity contribution in [1.29, 1.82) is 0 Å². The Bertz CT molecular complexity index is 476. The van der Waals surface area contributed by atoms with E-state index in [0.717, 1.165) is 0 Å². The van der Waals surface area contributed by atoms with Crippen LogP contribution < -0.4 is 5.73 Å². The number of hydrogen-bond donors (Lipinski definition) is 1. The molecule has 1 fully saturated rings. The molecule has 1 aliphatic heterocycles. The third kappa shape index (κ3) is 3.01. The number of ether oxygens (including phenoxy) is 1. The fourth-order valence-corrected chi connectivity index (χ4v) is 2.01. The van der Waals surface area contributed by atoms with Crippen LogP contribution in [0.4, 0.5) is 5.69 Å². The highest BCUT2D eigenvalue weighted by Gasteiger charge is 2.25. The number of carbonyl (C=O) groups is 1. The summed E-state index contributed by atoms with van der Waals surface area (Å²) < 4.78 is 5.43. The summed E-state index contributed by atoms with van der Waals surface area (Å²) in [4.78, 5) is 22.6. The third-order valence-corrected chi connectivity index (χ3v) is 3.08. The Hall–Kier alpha value is -1.69. The van der Waals surface area contributed by atoms with E-state index in [-0.39, 0.29) is 17.9 Å². The summed E-state index contributed by atoms with van der Waals surface area (Å²) in [6.45, 7) is 7.60. The standard InChI is InChI=1S/C13H20N4O2/c1-8(2)12-15-6-10(14)11(16-12)13(18)17-4-5-19-9(3)7-17/h6,8-9H,4-5,7,14H2,1-3H3. The average Bonchev–Trinajstić information content (AvgIpc) is 2.38. The number of rotatable bonds is 2. The van der Waals surface area contributed by atoms with Crippen molar-refractivity contribution in [1.82, 2.24) is 14.9 Å². The van der Waals surface area contributed by atoms with Crippen LogP contribution in [0.3, 0.4) is 0 Å². The topological polar surface area (TPSA) is 81.3 Å². The van der Waals surface area contributed by atoms with Crippen LogP contribution in [0.25, 0.3) is 0 Å². The monoisotopic (exact) mass is 264 g/mol. The van der Waals surface area contributed by atoms with Gasteiger partial charge in [0.1, 0.15) is 5.82 Å². The number of nitrogens with zero attached hydrogens (tertiary/aromatic N) is 3. The van der Waals surface area contributed by atoms with E-state index in [1.807, 2.05) is 20.8 Å². The lowest BCUT2D eigenvalue weighted by atomic mass is 10.2. The van der Waals surface area contributed by atoms with E-state index in [0.29, 0.717) is 36.9 Å². The van der Waals surface area contributed by atoms with Crippen molar-refractivity contribution in [3.05, 3.63) is 17.7 Å². The van der Waals surface area contributed by atoms with Crippen LogP contribution >= 0.6 is 0 Å². The molecule has 1 aromatic heterocycles. The van der Waals surface area contributed by atoms with E-state index < -0.39 is 0 Å². The van der Waals surface area contributed by atoms with Gasteiger partial charge in [-0.2, -0.15) is 0 Å².